The summed E-state index contributed by atoms with van der Waals surface area (Å²) in [6.45, 7) is 2.13. The Morgan fingerprint density at radius 1 is 1.31 bits per heavy atom. The lowest BCUT2D eigenvalue weighted by atomic mass is 10.1. The van der Waals surface area contributed by atoms with E-state index in [-0.39, 0.29) is 12.4 Å². The summed E-state index contributed by atoms with van der Waals surface area (Å²) in [5.41, 5.74) is 7.87. The molecule has 0 fully saturated rings. The van der Waals surface area contributed by atoms with Crippen LogP contribution in [-0.4, -0.2) is 4.98 Å². The summed E-state index contributed by atoms with van der Waals surface area (Å²) in [7, 11) is 0. The largest absolute Gasteiger partial charge is 0.383 e. The van der Waals surface area contributed by atoms with Crippen molar-refractivity contribution in [3.63, 3.8) is 0 Å². The molecule has 1 aromatic carbocycles. The number of rotatable bonds is 2. The number of fused-ring (bicyclic) bond motifs is 1. The van der Waals surface area contributed by atoms with Crippen molar-refractivity contribution in [1.82, 2.24) is 4.98 Å². The number of hydrogen-bond acceptors (Lipinski definition) is 2. The van der Waals surface area contributed by atoms with Gasteiger partial charge in [-0.1, -0.05) is 24.9 Å². The van der Waals surface area contributed by atoms with Gasteiger partial charge < -0.3 is 5.73 Å². The van der Waals surface area contributed by atoms with Crippen molar-refractivity contribution < 1.29 is 0 Å². The Morgan fingerprint density at radius 2 is 2.06 bits per heavy atom. The molecule has 0 bridgehead atoms. The second-order valence-corrected chi connectivity index (χ2v) is 4.06. The Kier molecular flexibility index (Phi) is 4.39. The molecule has 1 heterocycles. The third kappa shape index (κ3) is 2.57. The van der Waals surface area contributed by atoms with E-state index in [2.05, 4.69) is 18.0 Å². The first-order valence-corrected chi connectivity index (χ1v) is 5.43. The number of anilines is 1. The van der Waals surface area contributed by atoms with E-state index in [1.54, 1.807) is 0 Å². The summed E-state index contributed by atoms with van der Waals surface area (Å²) in [5, 5.41) is 1.79. The second-order valence-electron chi connectivity index (χ2n) is 3.62. The van der Waals surface area contributed by atoms with Crippen LogP contribution < -0.4 is 5.73 Å². The third-order valence-corrected chi connectivity index (χ3v) is 2.64. The Morgan fingerprint density at radius 3 is 2.75 bits per heavy atom. The first-order valence-electron chi connectivity index (χ1n) is 5.05. The zero-order valence-corrected chi connectivity index (χ0v) is 10.6. The van der Waals surface area contributed by atoms with Gasteiger partial charge in [-0.2, -0.15) is 0 Å². The molecule has 0 aliphatic rings. The number of halogens is 2. The van der Waals surface area contributed by atoms with Crippen molar-refractivity contribution in [3.05, 3.63) is 34.9 Å². The van der Waals surface area contributed by atoms with Gasteiger partial charge in [-0.15, -0.1) is 12.4 Å². The van der Waals surface area contributed by atoms with Crippen LogP contribution in [0.2, 0.25) is 5.02 Å². The van der Waals surface area contributed by atoms with Gasteiger partial charge in [0.25, 0.3) is 0 Å². The highest BCUT2D eigenvalue weighted by Gasteiger charge is 2.03. The molecule has 1 aromatic heterocycles. The summed E-state index contributed by atoms with van der Waals surface area (Å²) >= 11 is 5.93. The lowest BCUT2D eigenvalue weighted by Gasteiger charge is -2.06. The van der Waals surface area contributed by atoms with E-state index in [0.717, 1.165) is 34.3 Å². The third-order valence-electron chi connectivity index (χ3n) is 2.41. The molecule has 0 atom stereocenters. The molecule has 0 spiro atoms. The van der Waals surface area contributed by atoms with E-state index in [0.29, 0.717) is 5.82 Å². The van der Waals surface area contributed by atoms with Crippen LogP contribution in [0, 0.1) is 0 Å². The zero-order chi connectivity index (χ0) is 10.8. The smallest absolute Gasteiger partial charge is 0.127 e. The minimum atomic E-state index is 0. The lowest BCUT2D eigenvalue weighted by molar-refractivity contribution is 0.921. The number of hydrogen-bond donors (Lipinski definition) is 1. The van der Waals surface area contributed by atoms with Crippen molar-refractivity contribution >= 4 is 40.7 Å². The fraction of sp³-hybridized carbons (Fsp3) is 0.250. The van der Waals surface area contributed by atoms with Gasteiger partial charge in [0.05, 0.1) is 5.52 Å². The molecule has 2 N–H and O–H groups in total. The fourth-order valence-electron chi connectivity index (χ4n) is 1.68. The van der Waals surface area contributed by atoms with Gasteiger partial charge in [0, 0.05) is 10.4 Å². The number of pyridine rings is 1. The number of benzene rings is 1. The van der Waals surface area contributed by atoms with Crippen molar-refractivity contribution in [2.75, 3.05) is 5.73 Å². The molecule has 0 aliphatic carbocycles. The average Bonchev–Trinajstić information content (AvgIpc) is 2.20. The number of nitrogen functional groups attached to an aromatic ring is 1. The molecule has 0 amide bonds. The van der Waals surface area contributed by atoms with Crippen LogP contribution in [0.15, 0.2) is 24.3 Å². The summed E-state index contributed by atoms with van der Waals surface area (Å²) in [5.74, 6) is 0.631. The van der Waals surface area contributed by atoms with Gasteiger partial charge in [0.2, 0.25) is 0 Å². The zero-order valence-electron chi connectivity index (χ0n) is 9.03. The maximum atomic E-state index is 5.93. The topological polar surface area (TPSA) is 38.9 Å². The Balaban J connectivity index is 0.00000128. The fourth-order valence-corrected chi connectivity index (χ4v) is 1.86. The van der Waals surface area contributed by atoms with Crippen LogP contribution in [0.4, 0.5) is 5.82 Å². The summed E-state index contributed by atoms with van der Waals surface area (Å²) in [4.78, 5) is 4.35. The average molecular weight is 257 g/mol. The second kappa shape index (κ2) is 5.37. The van der Waals surface area contributed by atoms with E-state index in [4.69, 9.17) is 17.3 Å². The van der Waals surface area contributed by atoms with Crippen molar-refractivity contribution in [2.24, 2.45) is 0 Å². The molecule has 2 aromatic rings. The normalized spacial score (nSPS) is 10.1. The molecule has 0 saturated carbocycles. The van der Waals surface area contributed by atoms with Gasteiger partial charge in [0.1, 0.15) is 5.82 Å². The van der Waals surface area contributed by atoms with E-state index in [1.807, 2.05) is 18.2 Å². The maximum absolute atomic E-state index is 5.93. The lowest BCUT2D eigenvalue weighted by Crippen LogP contribution is -1.98. The predicted octanol–water partition coefficient (Wildman–Crippen LogP) is 3.84. The molecule has 2 nitrogen and oxygen atoms in total. The molecule has 2 rings (SSSR count). The van der Waals surface area contributed by atoms with Crippen LogP contribution in [0.1, 0.15) is 18.9 Å². The monoisotopic (exact) mass is 256 g/mol. The first-order chi connectivity index (χ1) is 7.20. The number of aryl methyl sites for hydroxylation is 1. The maximum Gasteiger partial charge on any atom is 0.127 e. The van der Waals surface area contributed by atoms with E-state index >= 15 is 0 Å². The highest BCUT2D eigenvalue weighted by atomic mass is 35.5. The molecule has 86 valence electrons. The number of nitrogens with two attached hydrogens (primary N) is 1. The van der Waals surface area contributed by atoms with E-state index in [1.165, 1.54) is 0 Å². The summed E-state index contributed by atoms with van der Waals surface area (Å²) < 4.78 is 0. The quantitative estimate of drug-likeness (QED) is 0.887. The standard InChI is InChI=1S/C12H13ClN2.ClH/c1-2-3-8-6-9-7-10(13)4-5-11(9)15-12(8)14;/h4-7H,2-3H2,1H3,(H2,14,15);1H. The van der Waals surface area contributed by atoms with Gasteiger partial charge in [-0.05, 0) is 36.2 Å². The van der Waals surface area contributed by atoms with Crippen LogP contribution >= 0.6 is 24.0 Å². The van der Waals surface area contributed by atoms with Gasteiger partial charge in [-0.25, -0.2) is 4.98 Å². The summed E-state index contributed by atoms with van der Waals surface area (Å²) in [6, 6.07) is 7.72. The highest BCUT2D eigenvalue weighted by Crippen LogP contribution is 2.22. The SMILES string of the molecule is CCCc1cc2cc(Cl)ccc2nc1N.Cl. The molecule has 4 heteroatoms. The predicted molar refractivity (Wildman–Crippen MR) is 72.4 cm³/mol. The molecule has 0 unspecified atom stereocenters. The molecular formula is C12H14Cl2N2. The van der Waals surface area contributed by atoms with Gasteiger partial charge in [0.15, 0.2) is 0 Å². The molecule has 0 saturated heterocycles. The van der Waals surface area contributed by atoms with Crippen LogP contribution in [-0.2, 0) is 6.42 Å². The van der Waals surface area contributed by atoms with E-state index < -0.39 is 0 Å². The van der Waals surface area contributed by atoms with Gasteiger partial charge >= 0.3 is 0 Å². The van der Waals surface area contributed by atoms with Crippen molar-refractivity contribution in [1.29, 1.82) is 0 Å². The van der Waals surface area contributed by atoms with Crippen molar-refractivity contribution in [3.8, 4) is 0 Å². The minimum absolute atomic E-state index is 0. The molecule has 0 radical (unpaired) electrons. The molecular weight excluding hydrogens is 243 g/mol. The Bertz CT molecular complexity index is 498. The van der Waals surface area contributed by atoms with Gasteiger partial charge in [-0.3, -0.25) is 0 Å². The minimum Gasteiger partial charge on any atom is -0.383 e. The highest BCUT2D eigenvalue weighted by molar-refractivity contribution is 6.31. The molecule has 16 heavy (non-hydrogen) atoms. The van der Waals surface area contributed by atoms with Crippen LogP contribution in [0.5, 0.6) is 0 Å². The summed E-state index contributed by atoms with van der Waals surface area (Å²) in [6.07, 6.45) is 2.03. The van der Waals surface area contributed by atoms with Crippen LogP contribution in [0.3, 0.4) is 0 Å². The van der Waals surface area contributed by atoms with E-state index in [9.17, 15) is 0 Å². The van der Waals surface area contributed by atoms with Crippen molar-refractivity contribution in [2.45, 2.75) is 19.8 Å². The number of aromatic nitrogens is 1. The first kappa shape index (κ1) is 13.1. The molecule has 0 aliphatic heterocycles. The Labute approximate surface area is 106 Å². The van der Waals surface area contributed by atoms with Crippen LogP contribution in [0.25, 0.3) is 10.9 Å². The number of nitrogens with zero attached hydrogens (tertiary/aromatic N) is 1. The Hall–Kier alpha value is -0.990.